The summed E-state index contributed by atoms with van der Waals surface area (Å²) >= 11 is 0. The molecule has 3 N–H and O–H groups in total. The number of nitrogens with two attached hydrogens (primary N) is 1. The van der Waals surface area contributed by atoms with Crippen LogP contribution in [0.15, 0.2) is 18.2 Å². The summed E-state index contributed by atoms with van der Waals surface area (Å²) in [6.45, 7) is 3.64. The Morgan fingerprint density at radius 1 is 1.31 bits per heavy atom. The number of fused-ring (bicyclic) bond motifs is 2. The molecule has 3 heteroatoms. The number of hydrogen-bond donors (Lipinski definition) is 2. The first-order chi connectivity index (χ1) is 7.84. The summed E-state index contributed by atoms with van der Waals surface area (Å²) in [4.78, 5) is 0. The molecule has 1 aromatic rings. The summed E-state index contributed by atoms with van der Waals surface area (Å²) in [5.74, 6) is 1.07. The molecule has 86 valence electrons. The number of nitrogens with one attached hydrogen (secondary N) is 1. The van der Waals surface area contributed by atoms with Gasteiger partial charge in [0.2, 0.25) is 0 Å². The van der Waals surface area contributed by atoms with Gasteiger partial charge in [-0.1, -0.05) is 12.1 Å². The summed E-state index contributed by atoms with van der Waals surface area (Å²) in [7, 11) is 0. The molecule has 2 heterocycles. The molecule has 0 aliphatic carbocycles. The van der Waals surface area contributed by atoms with Gasteiger partial charge in [-0.25, -0.2) is 0 Å². The monoisotopic (exact) mass is 218 g/mol. The van der Waals surface area contributed by atoms with Crippen LogP contribution in [0.4, 0.5) is 0 Å². The molecule has 1 saturated heterocycles. The van der Waals surface area contributed by atoms with Crippen LogP contribution in [0.2, 0.25) is 0 Å². The van der Waals surface area contributed by atoms with Gasteiger partial charge >= 0.3 is 0 Å². The lowest BCUT2D eigenvalue weighted by atomic mass is 9.74. The van der Waals surface area contributed by atoms with E-state index in [1.807, 2.05) is 0 Å². The van der Waals surface area contributed by atoms with Gasteiger partial charge in [0.1, 0.15) is 5.75 Å². The summed E-state index contributed by atoms with van der Waals surface area (Å²) in [5.41, 5.74) is 8.56. The van der Waals surface area contributed by atoms with Crippen molar-refractivity contribution in [1.29, 1.82) is 0 Å². The van der Waals surface area contributed by atoms with E-state index < -0.39 is 0 Å². The minimum absolute atomic E-state index is 0.256. The van der Waals surface area contributed by atoms with E-state index in [1.165, 1.54) is 24.0 Å². The fourth-order valence-electron chi connectivity index (χ4n) is 2.86. The van der Waals surface area contributed by atoms with E-state index in [1.54, 1.807) is 0 Å². The quantitative estimate of drug-likeness (QED) is 0.743. The second-order valence-corrected chi connectivity index (χ2v) is 4.85. The number of hydrogen-bond acceptors (Lipinski definition) is 3. The van der Waals surface area contributed by atoms with Crippen molar-refractivity contribution in [2.24, 2.45) is 5.73 Å². The Kier molecular flexibility index (Phi) is 2.37. The summed E-state index contributed by atoms with van der Waals surface area (Å²) < 4.78 is 5.82. The predicted octanol–water partition coefficient (Wildman–Crippen LogP) is 1.16. The highest BCUT2D eigenvalue weighted by molar-refractivity contribution is 5.46. The molecule has 1 spiro atoms. The van der Waals surface area contributed by atoms with E-state index in [0.29, 0.717) is 6.54 Å². The molecule has 16 heavy (non-hydrogen) atoms. The Hall–Kier alpha value is -1.06. The molecule has 1 fully saturated rings. The zero-order valence-electron chi connectivity index (χ0n) is 9.46. The van der Waals surface area contributed by atoms with Crippen molar-refractivity contribution >= 4 is 0 Å². The van der Waals surface area contributed by atoms with Crippen molar-refractivity contribution < 1.29 is 4.74 Å². The molecule has 0 saturated carbocycles. The smallest absolute Gasteiger partial charge is 0.123 e. The van der Waals surface area contributed by atoms with Crippen LogP contribution in [0.25, 0.3) is 0 Å². The maximum atomic E-state index is 5.82. The van der Waals surface area contributed by atoms with Gasteiger partial charge in [0.25, 0.3) is 0 Å². The Labute approximate surface area is 96.0 Å². The lowest BCUT2D eigenvalue weighted by Gasteiger charge is -2.32. The van der Waals surface area contributed by atoms with Crippen LogP contribution in [0.5, 0.6) is 5.75 Å². The average molecular weight is 218 g/mol. The third-order valence-corrected chi connectivity index (χ3v) is 3.92. The van der Waals surface area contributed by atoms with Gasteiger partial charge < -0.3 is 15.8 Å². The molecule has 0 amide bonds. The minimum atomic E-state index is 0.256. The molecule has 3 rings (SSSR count). The van der Waals surface area contributed by atoms with E-state index in [2.05, 4.69) is 23.5 Å². The van der Waals surface area contributed by atoms with Gasteiger partial charge in [0.15, 0.2) is 0 Å². The second-order valence-electron chi connectivity index (χ2n) is 4.85. The molecule has 0 bridgehead atoms. The number of ether oxygens (including phenoxy) is 1. The predicted molar refractivity (Wildman–Crippen MR) is 63.6 cm³/mol. The Morgan fingerprint density at radius 2 is 2.12 bits per heavy atom. The molecule has 0 unspecified atom stereocenters. The summed E-state index contributed by atoms with van der Waals surface area (Å²) in [6.07, 6.45) is 2.35. The molecular formula is C13H18N2O. The van der Waals surface area contributed by atoms with Crippen LogP contribution in [0.1, 0.15) is 24.0 Å². The van der Waals surface area contributed by atoms with E-state index in [0.717, 1.165) is 25.4 Å². The summed E-state index contributed by atoms with van der Waals surface area (Å²) in [5, 5.41) is 3.42. The van der Waals surface area contributed by atoms with Gasteiger partial charge in [-0.2, -0.15) is 0 Å². The molecule has 0 aromatic heterocycles. The van der Waals surface area contributed by atoms with Crippen LogP contribution < -0.4 is 15.8 Å². The third kappa shape index (κ3) is 1.43. The highest BCUT2D eigenvalue weighted by atomic mass is 16.5. The van der Waals surface area contributed by atoms with Crippen molar-refractivity contribution in [2.45, 2.75) is 24.8 Å². The lowest BCUT2D eigenvalue weighted by Crippen LogP contribution is -2.41. The van der Waals surface area contributed by atoms with Crippen LogP contribution in [-0.2, 0) is 12.0 Å². The average Bonchev–Trinajstić information content (AvgIpc) is 2.69. The van der Waals surface area contributed by atoms with E-state index in [4.69, 9.17) is 10.5 Å². The van der Waals surface area contributed by atoms with Gasteiger partial charge in [-0.05, 0) is 37.6 Å². The van der Waals surface area contributed by atoms with E-state index >= 15 is 0 Å². The third-order valence-electron chi connectivity index (χ3n) is 3.92. The van der Waals surface area contributed by atoms with E-state index in [9.17, 15) is 0 Å². The number of rotatable bonds is 1. The molecule has 2 aliphatic rings. The molecule has 0 radical (unpaired) electrons. The number of benzene rings is 1. The highest BCUT2D eigenvalue weighted by Crippen LogP contribution is 2.44. The fourth-order valence-corrected chi connectivity index (χ4v) is 2.86. The van der Waals surface area contributed by atoms with Gasteiger partial charge in [-0.3, -0.25) is 0 Å². The van der Waals surface area contributed by atoms with Gasteiger partial charge in [0, 0.05) is 17.5 Å². The number of piperidine rings is 1. The molecular weight excluding hydrogens is 200 g/mol. The maximum Gasteiger partial charge on any atom is 0.123 e. The van der Waals surface area contributed by atoms with Gasteiger partial charge in [0.05, 0.1) is 6.61 Å². The maximum absolute atomic E-state index is 5.82. The normalized spacial score (nSPS) is 21.8. The van der Waals surface area contributed by atoms with Crippen molar-refractivity contribution in [3.8, 4) is 5.75 Å². The van der Waals surface area contributed by atoms with Crippen LogP contribution >= 0.6 is 0 Å². The first-order valence-electron chi connectivity index (χ1n) is 6.01. The Bertz CT molecular complexity index is 391. The first kappa shape index (κ1) is 10.1. The largest absolute Gasteiger partial charge is 0.492 e. The SMILES string of the molecule is NCc1ccc2c(c1)C1(CCNCC1)CO2. The topological polar surface area (TPSA) is 47.3 Å². The Balaban J connectivity index is 2.02. The van der Waals surface area contributed by atoms with Crippen LogP contribution in [0.3, 0.4) is 0 Å². The van der Waals surface area contributed by atoms with Gasteiger partial charge in [-0.15, -0.1) is 0 Å². The zero-order chi connectivity index (χ0) is 11.0. The molecule has 0 atom stereocenters. The second kappa shape index (κ2) is 3.75. The van der Waals surface area contributed by atoms with E-state index in [-0.39, 0.29) is 5.41 Å². The molecule has 3 nitrogen and oxygen atoms in total. The zero-order valence-corrected chi connectivity index (χ0v) is 9.46. The Morgan fingerprint density at radius 3 is 2.88 bits per heavy atom. The van der Waals surface area contributed by atoms with Crippen LogP contribution in [0, 0.1) is 0 Å². The standard InChI is InChI=1S/C13H18N2O/c14-8-10-1-2-12-11(7-10)13(9-16-12)3-5-15-6-4-13/h1-2,7,15H,3-6,8-9,14H2. The van der Waals surface area contributed by atoms with Crippen molar-refractivity contribution in [2.75, 3.05) is 19.7 Å². The lowest BCUT2D eigenvalue weighted by molar-refractivity contribution is 0.220. The molecule has 1 aromatic carbocycles. The van der Waals surface area contributed by atoms with Crippen molar-refractivity contribution in [3.05, 3.63) is 29.3 Å². The van der Waals surface area contributed by atoms with Crippen molar-refractivity contribution in [3.63, 3.8) is 0 Å². The highest BCUT2D eigenvalue weighted by Gasteiger charge is 2.41. The minimum Gasteiger partial charge on any atom is -0.492 e. The first-order valence-corrected chi connectivity index (χ1v) is 6.01. The summed E-state index contributed by atoms with van der Waals surface area (Å²) in [6, 6.07) is 6.39. The van der Waals surface area contributed by atoms with Crippen LogP contribution in [-0.4, -0.2) is 19.7 Å². The van der Waals surface area contributed by atoms with Crippen molar-refractivity contribution in [1.82, 2.24) is 5.32 Å². The fraction of sp³-hybridized carbons (Fsp3) is 0.538. The molecule has 2 aliphatic heterocycles.